The molecule has 2 aliphatic carbocycles. The van der Waals surface area contributed by atoms with Crippen LogP contribution in [-0.4, -0.2) is 56.5 Å². The molecule has 4 aromatic carbocycles. The third-order valence-corrected chi connectivity index (χ3v) is 14.9. The van der Waals surface area contributed by atoms with Gasteiger partial charge in [0.15, 0.2) is 0 Å². The van der Waals surface area contributed by atoms with Gasteiger partial charge in [-0.1, -0.05) is 109 Å². The van der Waals surface area contributed by atoms with Gasteiger partial charge in [0.25, 0.3) is 0 Å². The number of hydrogen-bond donors (Lipinski definition) is 2. The van der Waals surface area contributed by atoms with Crippen molar-refractivity contribution in [1.82, 2.24) is 30.4 Å². The Morgan fingerprint density at radius 3 is 1.24 bits per heavy atom. The molecule has 4 aliphatic rings. The average Bonchev–Trinajstić information content (AvgIpc) is 4.07. The zero-order valence-electron chi connectivity index (χ0n) is 34.3. The molecule has 62 heavy (non-hydrogen) atoms. The van der Waals surface area contributed by atoms with Crippen molar-refractivity contribution in [2.75, 3.05) is 13.1 Å². The fourth-order valence-corrected chi connectivity index (χ4v) is 10.9. The molecule has 2 aromatic heterocycles. The minimum Gasteiger partial charge on any atom is -0.340 e. The Bertz CT molecular complexity index is 2390. The number of aromatic nitrogens is 2. The molecule has 2 saturated heterocycles. The minimum atomic E-state index is -0.711. The second-order valence-electron chi connectivity index (χ2n) is 16.9. The summed E-state index contributed by atoms with van der Waals surface area (Å²) in [5.41, 5.74) is 5.95. The number of rotatable bonds is 13. The van der Waals surface area contributed by atoms with E-state index in [1.807, 2.05) is 82.9 Å². The summed E-state index contributed by atoms with van der Waals surface area (Å²) in [6.07, 6.45) is 10.8. The summed E-state index contributed by atoms with van der Waals surface area (Å²) < 4.78 is 0. The summed E-state index contributed by atoms with van der Waals surface area (Å²) in [5, 5.41) is 7.96. The largest absolute Gasteiger partial charge is 0.340 e. The monoisotopic (exact) mass is 860 g/mol. The molecule has 0 spiro atoms. The lowest BCUT2D eigenvalue weighted by molar-refractivity contribution is -0.138. The van der Waals surface area contributed by atoms with Crippen LogP contribution in [0.5, 0.6) is 0 Å². The van der Waals surface area contributed by atoms with Gasteiger partial charge in [-0.15, -0.1) is 22.7 Å². The van der Waals surface area contributed by atoms with Crippen LogP contribution in [0.3, 0.4) is 0 Å². The maximum Gasteiger partial charge on any atom is 0.250 e. The van der Waals surface area contributed by atoms with E-state index in [-0.39, 0.29) is 47.5 Å². The number of benzene rings is 4. The summed E-state index contributed by atoms with van der Waals surface area (Å²) >= 11 is 3.25. The van der Waals surface area contributed by atoms with Gasteiger partial charge < -0.3 is 20.4 Å². The summed E-state index contributed by atoms with van der Waals surface area (Å²) in [7, 11) is 0. The minimum absolute atomic E-state index is 0.0108. The fourth-order valence-electron chi connectivity index (χ4n) is 8.79. The number of nitrogens with one attached hydrogen (secondary N) is 2. The van der Waals surface area contributed by atoms with Crippen molar-refractivity contribution in [3.8, 4) is 32.0 Å². The van der Waals surface area contributed by atoms with Crippen LogP contribution in [0.15, 0.2) is 122 Å². The van der Waals surface area contributed by atoms with Crippen LogP contribution < -0.4 is 10.6 Å². The number of amides is 4. The lowest BCUT2D eigenvalue weighted by atomic mass is 10.0. The van der Waals surface area contributed by atoms with Gasteiger partial charge in [0.2, 0.25) is 23.6 Å². The molecule has 0 unspecified atom stereocenters. The van der Waals surface area contributed by atoms with E-state index in [4.69, 9.17) is 9.97 Å². The Morgan fingerprint density at radius 2 is 0.871 bits per heavy atom. The molecule has 4 amide bonds. The van der Waals surface area contributed by atoms with Crippen LogP contribution in [0, 0.1) is 11.8 Å². The van der Waals surface area contributed by atoms with Crippen molar-refractivity contribution in [3.63, 3.8) is 0 Å². The topological polar surface area (TPSA) is 125 Å². The maximum absolute atomic E-state index is 14.1. The Morgan fingerprint density at radius 1 is 0.500 bits per heavy atom. The van der Waals surface area contributed by atoms with E-state index in [2.05, 4.69) is 59.2 Å². The van der Waals surface area contributed by atoms with Crippen molar-refractivity contribution in [1.29, 1.82) is 0 Å². The molecule has 10 rings (SSSR count). The van der Waals surface area contributed by atoms with Crippen molar-refractivity contribution >= 4 is 46.3 Å². The van der Waals surface area contributed by atoms with Gasteiger partial charge in [-0.2, -0.15) is 0 Å². The van der Waals surface area contributed by atoms with E-state index in [0.717, 1.165) is 105 Å². The van der Waals surface area contributed by atoms with Gasteiger partial charge in [-0.3, -0.25) is 19.2 Å². The van der Waals surface area contributed by atoms with E-state index in [9.17, 15) is 19.2 Å². The molecule has 0 radical (unpaired) electrons. The van der Waals surface area contributed by atoms with E-state index in [0.29, 0.717) is 13.1 Å². The Balaban J connectivity index is 0.797. The highest BCUT2D eigenvalue weighted by Crippen LogP contribution is 2.42. The van der Waals surface area contributed by atoms with Crippen LogP contribution in [0.2, 0.25) is 0 Å². The number of thiazole rings is 2. The lowest BCUT2D eigenvalue weighted by Gasteiger charge is -2.28. The zero-order valence-corrected chi connectivity index (χ0v) is 36.0. The van der Waals surface area contributed by atoms with Crippen LogP contribution >= 0.6 is 22.7 Å². The van der Waals surface area contributed by atoms with Gasteiger partial charge in [-0.05, 0) is 84.7 Å². The van der Waals surface area contributed by atoms with E-state index in [1.165, 1.54) is 0 Å². The van der Waals surface area contributed by atoms with Crippen LogP contribution in [0.4, 0.5) is 0 Å². The van der Waals surface area contributed by atoms with E-state index >= 15 is 0 Å². The molecule has 2 saturated carbocycles. The smallest absolute Gasteiger partial charge is 0.250 e. The SMILES string of the molecule is O=C(N[C@@H](C(=O)N1CCC[C@H]1c1ncc(-c2ccc(-c3ccc(-c4cnc([C@@H]5CCCN5C(=O)[C@H](NC(=O)C5CC5)c5ccccc5)s4)cc3)cc2)s1)c1ccccc1)C1CC1. The second kappa shape index (κ2) is 17.4. The molecule has 4 heterocycles. The normalized spacial score (nSPS) is 19.5. The molecule has 314 valence electrons. The molecule has 4 atom stereocenters. The molecule has 2 aliphatic heterocycles. The zero-order chi connectivity index (χ0) is 42.2. The maximum atomic E-state index is 14.1. The van der Waals surface area contributed by atoms with Gasteiger partial charge >= 0.3 is 0 Å². The summed E-state index contributed by atoms with van der Waals surface area (Å²) in [6, 6.07) is 34.5. The fraction of sp³-hybridized carbons (Fsp3) is 0.320. The summed E-state index contributed by atoms with van der Waals surface area (Å²) in [4.78, 5) is 69.5. The molecule has 4 fully saturated rings. The van der Waals surface area contributed by atoms with Gasteiger partial charge in [0.05, 0.1) is 21.8 Å². The van der Waals surface area contributed by atoms with Crippen molar-refractivity contribution in [2.24, 2.45) is 11.8 Å². The number of nitrogens with zero attached hydrogens (tertiary/aromatic N) is 4. The molecular formula is C50H48N6O4S2. The third kappa shape index (κ3) is 8.45. The first kappa shape index (κ1) is 40.1. The Labute approximate surface area is 369 Å². The average molecular weight is 861 g/mol. The lowest BCUT2D eigenvalue weighted by Crippen LogP contribution is -2.43. The number of likely N-dealkylation sites (tertiary alicyclic amines) is 2. The highest BCUT2D eigenvalue weighted by atomic mass is 32.1. The van der Waals surface area contributed by atoms with Gasteiger partial charge in [0, 0.05) is 37.3 Å². The summed E-state index contributed by atoms with van der Waals surface area (Å²) in [6.45, 7) is 1.27. The molecular weight excluding hydrogens is 813 g/mol. The highest BCUT2D eigenvalue weighted by molar-refractivity contribution is 7.15. The number of carbonyl (C=O) groups excluding carboxylic acids is 4. The third-order valence-electron chi connectivity index (χ3n) is 12.6. The van der Waals surface area contributed by atoms with Crippen molar-refractivity contribution < 1.29 is 19.2 Å². The van der Waals surface area contributed by atoms with Crippen LogP contribution in [0.25, 0.3) is 32.0 Å². The predicted octanol–water partition coefficient (Wildman–Crippen LogP) is 9.46. The van der Waals surface area contributed by atoms with E-state index in [1.54, 1.807) is 22.7 Å². The first-order valence-corrected chi connectivity index (χ1v) is 23.5. The standard InChI is InChI=1S/C50H48N6O4S2/c57-45(37-23-24-37)53-43(35-9-3-1-4-10-35)49(59)55-27-7-13-39(55)47-51-29-41(61-47)33-19-15-31(16-20-33)32-17-21-34(22-18-32)42-30-52-48(62-42)40-14-8-28-56(40)50(60)44(36-11-5-2-6-12-36)54-46(58)38-25-26-38/h1-6,9-12,15-22,29-30,37-40,43-44H,7-8,13-14,23-28H2,(H,53,57)(H,54,58)/t39-,40-,43+,44+/m0/s1. The molecule has 6 aromatic rings. The molecule has 10 nitrogen and oxygen atoms in total. The van der Waals surface area contributed by atoms with Crippen molar-refractivity contribution in [2.45, 2.75) is 75.5 Å². The summed E-state index contributed by atoms with van der Waals surface area (Å²) in [5.74, 6) is -0.215. The number of carbonyl (C=O) groups is 4. The quantitative estimate of drug-likeness (QED) is 0.119. The van der Waals surface area contributed by atoms with Crippen LogP contribution in [-0.2, 0) is 19.2 Å². The second-order valence-corrected chi connectivity index (χ2v) is 19.0. The Hall–Kier alpha value is -5.98. The predicted molar refractivity (Wildman–Crippen MR) is 242 cm³/mol. The Kier molecular flexibility index (Phi) is 11.3. The van der Waals surface area contributed by atoms with Gasteiger partial charge in [-0.25, -0.2) is 9.97 Å². The van der Waals surface area contributed by atoms with Gasteiger partial charge in [0.1, 0.15) is 22.1 Å². The molecule has 0 bridgehead atoms. The van der Waals surface area contributed by atoms with E-state index < -0.39 is 12.1 Å². The van der Waals surface area contributed by atoms with Crippen molar-refractivity contribution in [3.05, 3.63) is 143 Å². The highest BCUT2D eigenvalue weighted by Gasteiger charge is 2.41. The molecule has 12 heteroatoms. The first-order chi connectivity index (χ1) is 30.4. The van der Waals surface area contributed by atoms with Crippen LogP contribution in [0.1, 0.15) is 96.7 Å². The first-order valence-electron chi connectivity index (χ1n) is 21.8. The molecule has 2 N–H and O–H groups in total. The number of hydrogen-bond acceptors (Lipinski definition) is 8.